The molecule has 1 aliphatic carbocycles. The molecule has 0 spiro atoms. The molecule has 1 saturated heterocycles. The number of hydrogen-bond donors (Lipinski definition) is 2. The molecule has 1 aromatic heterocycles. The highest BCUT2D eigenvalue weighted by molar-refractivity contribution is 5.91. The van der Waals surface area contributed by atoms with Crippen LogP contribution in [0, 0.1) is 23.1 Å². The van der Waals surface area contributed by atoms with Crippen LogP contribution >= 0.6 is 0 Å². The lowest BCUT2D eigenvalue weighted by atomic mass is 10.1. The molecule has 3 rings (SSSR count). The van der Waals surface area contributed by atoms with Crippen molar-refractivity contribution in [3.8, 4) is 0 Å². The zero-order valence-electron chi connectivity index (χ0n) is 14.3. The first-order valence-electron chi connectivity index (χ1n) is 8.30. The van der Waals surface area contributed by atoms with Gasteiger partial charge in [0.25, 0.3) is 0 Å². The summed E-state index contributed by atoms with van der Waals surface area (Å²) in [5.74, 6) is -2.68. The van der Waals surface area contributed by atoms with Gasteiger partial charge in [-0.1, -0.05) is 13.8 Å². The van der Waals surface area contributed by atoms with Crippen molar-refractivity contribution in [1.29, 1.82) is 0 Å². The second-order valence-corrected chi connectivity index (χ2v) is 7.08. The Morgan fingerprint density at radius 3 is 2.64 bits per heavy atom. The Balaban J connectivity index is 1.59. The number of hydrogen-bond acceptors (Lipinski definition) is 5. The summed E-state index contributed by atoms with van der Waals surface area (Å²) in [6.07, 6.45) is 1.53. The standard InChI is InChI=1S/C17H22FN3O4/c1-17(2)12(13(17)16(23)24)15(22)20-9-10-7-11(18)14(19-8-10)21-3-5-25-6-4-21/h7-8,12-13H,3-6,9H2,1-2H3,(H,20,22)(H,23,24)/t12-,13+/m1/s1. The van der Waals surface area contributed by atoms with Crippen LogP contribution in [0.5, 0.6) is 0 Å². The molecule has 0 aromatic carbocycles. The van der Waals surface area contributed by atoms with Crippen LogP contribution in [0.2, 0.25) is 0 Å². The summed E-state index contributed by atoms with van der Waals surface area (Å²) in [6, 6.07) is 1.35. The Morgan fingerprint density at radius 1 is 1.40 bits per heavy atom. The molecule has 2 atom stereocenters. The van der Waals surface area contributed by atoms with E-state index in [9.17, 15) is 14.0 Å². The first kappa shape index (κ1) is 17.6. The fraction of sp³-hybridized carbons (Fsp3) is 0.588. The molecule has 0 bridgehead atoms. The van der Waals surface area contributed by atoms with Gasteiger partial charge in [-0.05, 0) is 17.0 Å². The predicted octanol–water partition coefficient (Wildman–Crippen LogP) is 1.03. The highest BCUT2D eigenvalue weighted by atomic mass is 19.1. The normalized spacial score (nSPS) is 24.7. The number of anilines is 1. The van der Waals surface area contributed by atoms with E-state index in [0.29, 0.717) is 31.9 Å². The number of carboxylic acid groups (broad SMARTS) is 1. The van der Waals surface area contributed by atoms with Gasteiger partial charge in [-0.15, -0.1) is 0 Å². The second-order valence-electron chi connectivity index (χ2n) is 7.08. The molecular formula is C17H22FN3O4. The van der Waals surface area contributed by atoms with Gasteiger partial charge < -0.3 is 20.1 Å². The quantitative estimate of drug-likeness (QED) is 0.823. The Bertz CT molecular complexity index is 688. The van der Waals surface area contributed by atoms with E-state index in [1.807, 2.05) is 4.90 Å². The Morgan fingerprint density at radius 2 is 2.08 bits per heavy atom. The van der Waals surface area contributed by atoms with E-state index in [1.165, 1.54) is 12.3 Å². The van der Waals surface area contributed by atoms with Crippen LogP contribution in [-0.4, -0.2) is 48.3 Å². The maximum atomic E-state index is 14.3. The molecule has 25 heavy (non-hydrogen) atoms. The minimum atomic E-state index is -0.965. The number of halogens is 1. The van der Waals surface area contributed by atoms with Crippen LogP contribution in [0.25, 0.3) is 0 Å². The minimum Gasteiger partial charge on any atom is -0.481 e. The third kappa shape index (κ3) is 3.44. The summed E-state index contributed by atoms with van der Waals surface area (Å²) < 4.78 is 19.5. The third-order valence-corrected chi connectivity index (χ3v) is 5.03. The molecule has 1 amide bonds. The van der Waals surface area contributed by atoms with E-state index < -0.39 is 29.0 Å². The molecule has 1 saturated carbocycles. The van der Waals surface area contributed by atoms with Crippen molar-refractivity contribution in [3.63, 3.8) is 0 Å². The summed E-state index contributed by atoms with van der Waals surface area (Å²) in [5.41, 5.74) is -0.0206. The molecule has 7 nitrogen and oxygen atoms in total. The number of amides is 1. The zero-order chi connectivity index (χ0) is 18.2. The topological polar surface area (TPSA) is 91.8 Å². The van der Waals surface area contributed by atoms with E-state index in [1.54, 1.807) is 13.8 Å². The summed E-state index contributed by atoms with van der Waals surface area (Å²) in [7, 11) is 0. The van der Waals surface area contributed by atoms with E-state index in [2.05, 4.69) is 10.3 Å². The number of carboxylic acids is 1. The van der Waals surface area contributed by atoms with Crippen molar-refractivity contribution in [2.24, 2.45) is 17.3 Å². The van der Waals surface area contributed by atoms with Crippen LogP contribution in [-0.2, 0) is 20.9 Å². The molecule has 8 heteroatoms. The zero-order valence-corrected chi connectivity index (χ0v) is 14.3. The van der Waals surface area contributed by atoms with E-state index in [-0.39, 0.29) is 18.3 Å². The van der Waals surface area contributed by atoms with Gasteiger partial charge in [0.1, 0.15) is 0 Å². The second kappa shape index (κ2) is 6.59. The van der Waals surface area contributed by atoms with Gasteiger partial charge in [-0.2, -0.15) is 0 Å². The first-order valence-corrected chi connectivity index (χ1v) is 8.30. The number of carbonyl (C=O) groups excluding carboxylic acids is 1. The van der Waals surface area contributed by atoms with Crippen molar-refractivity contribution in [1.82, 2.24) is 10.3 Å². The molecule has 2 fully saturated rings. The molecule has 0 radical (unpaired) electrons. The number of pyridine rings is 1. The summed E-state index contributed by atoms with van der Waals surface area (Å²) in [6.45, 7) is 5.90. The van der Waals surface area contributed by atoms with Crippen LogP contribution in [0.1, 0.15) is 19.4 Å². The molecule has 2 aliphatic rings. The van der Waals surface area contributed by atoms with Gasteiger partial charge in [0.05, 0.1) is 25.0 Å². The largest absolute Gasteiger partial charge is 0.481 e. The van der Waals surface area contributed by atoms with Gasteiger partial charge in [0.2, 0.25) is 5.91 Å². The van der Waals surface area contributed by atoms with Gasteiger partial charge in [0.15, 0.2) is 11.6 Å². The Kier molecular flexibility index (Phi) is 4.64. The van der Waals surface area contributed by atoms with Crippen LogP contribution in [0.3, 0.4) is 0 Å². The number of aromatic nitrogens is 1. The van der Waals surface area contributed by atoms with E-state index in [4.69, 9.17) is 9.84 Å². The number of morpholine rings is 1. The highest BCUT2D eigenvalue weighted by Crippen LogP contribution is 2.58. The minimum absolute atomic E-state index is 0.116. The van der Waals surface area contributed by atoms with Crippen LogP contribution in [0.4, 0.5) is 10.2 Å². The number of aliphatic carboxylic acids is 1. The highest BCUT2D eigenvalue weighted by Gasteiger charge is 2.65. The number of nitrogens with one attached hydrogen (secondary N) is 1. The van der Waals surface area contributed by atoms with Crippen molar-refractivity contribution in [2.45, 2.75) is 20.4 Å². The molecule has 0 unspecified atom stereocenters. The van der Waals surface area contributed by atoms with Crippen LogP contribution in [0.15, 0.2) is 12.3 Å². The molecule has 1 aliphatic heterocycles. The summed E-state index contributed by atoms with van der Waals surface area (Å²) >= 11 is 0. The van der Waals surface area contributed by atoms with E-state index in [0.717, 1.165) is 0 Å². The first-order chi connectivity index (χ1) is 11.8. The fourth-order valence-corrected chi connectivity index (χ4v) is 3.46. The number of ether oxygens (including phenoxy) is 1. The van der Waals surface area contributed by atoms with Gasteiger partial charge in [0, 0.05) is 25.8 Å². The lowest BCUT2D eigenvalue weighted by molar-refractivity contribution is -0.140. The molecule has 2 heterocycles. The average Bonchev–Trinajstić information content (AvgIpc) is 3.16. The average molecular weight is 351 g/mol. The maximum Gasteiger partial charge on any atom is 0.307 e. The smallest absolute Gasteiger partial charge is 0.307 e. The van der Waals surface area contributed by atoms with Gasteiger partial charge in [-0.3, -0.25) is 9.59 Å². The number of carbonyl (C=O) groups is 2. The fourth-order valence-electron chi connectivity index (χ4n) is 3.46. The lowest BCUT2D eigenvalue weighted by Gasteiger charge is -2.28. The van der Waals surface area contributed by atoms with Gasteiger partial charge >= 0.3 is 5.97 Å². The predicted molar refractivity (Wildman–Crippen MR) is 87.5 cm³/mol. The monoisotopic (exact) mass is 351 g/mol. The summed E-state index contributed by atoms with van der Waals surface area (Å²) in [4.78, 5) is 29.3. The Hall–Kier alpha value is -2.22. The maximum absolute atomic E-state index is 14.3. The van der Waals surface area contributed by atoms with Crippen molar-refractivity contribution < 1.29 is 23.8 Å². The van der Waals surface area contributed by atoms with Crippen molar-refractivity contribution >= 4 is 17.7 Å². The third-order valence-electron chi connectivity index (χ3n) is 5.03. The lowest BCUT2D eigenvalue weighted by Crippen LogP contribution is -2.37. The van der Waals surface area contributed by atoms with Crippen LogP contribution < -0.4 is 10.2 Å². The molecular weight excluding hydrogens is 329 g/mol. The number of nitrogens with zero attached hydrogens (tertiary/aromatic N) is 2. The van der Waals surface area contributed by atoms with E-state index >= 15 is 0 Å². The molecule has 2 N–H and O–H groups in total. The number of rotatable bonds is 5. The van der Waals surface area contributed by atoms with Crippen molar-refractivity contribution in [3.05, 3.63) is 23.6 Å². The van der Waals surface area contributed by atoms with Crippen molar-refractivity contribution in [2.75, 3.05) is 31.2 Å². The Labute approximate surface area is 145 Å². The SMILES string of the molecule is CC1(C)[C@H](C(=O)O)[C@@H]1C(=O)NCc1cnc(N2CCOCC2)c(F)c1. The summed E-state index contributed by atoms with van der Waals surface area (Å²) in [5, 5.41) is 11.8. The molecule has 136 valence electrons. The van der Waals surface area contributed by atoms with Gasteiger partial charge in [-0.25, -0.2) is 9.37 Å². The molecule has 1 aromatic rings.